The van der Waals surface area contributed by atoms with Gasteiger partial charge in [0.05, 0.1) is 5.57 Å². The smallest absolute Gasteiger partial charge is 0.278 e. The molecule has 1 saturated heterocycles. The summed E-state index contributed by atoms with van der Waals surface area (Å²) < 4.78 is 0. The van der Waals surface area contributed by atoms with Crippen LogP contribution in [0.15, 0.2) is 48.3 Å². The zero-order chi connectivity index (χ0) is 21.4. The van der Waals surface area contributed by atoms with Crippen LogP contribution in [0.2, 0.25) is 0 Å². The highest BCUT2D eigenvalue weighted by atomic mass is 16.2. The molecule has 0 saturated carbocycles. The van der Waals surface area contributed by atoms with E-state index >= 15 is 0 Å². The summed E-state index contributed by atoms with van der Waals surface area (Å²) in [5, 5.41) is 0. The van der Waals surface area contributed by atoms with Crippen LogP contribution in [-0.2, 0) is 9.59 Å². The largest absolute Gasteiger partial charge is 0.363 e. The highest BCUT2D eigenvalue weighted by Crippen LogP contribution is 2.34. The molecular formula is C24H28N4O2. The molecule has 30 heavy (non-hydrogen) atoms. The molecule has 1 aromatic carbocycles. The molecule has 2 amide bonds. The minimum Gasteiger partial charge on any atom is -0.363 e. The summed E-state index contributed by atoms with van der Waals surface area (Å²) in [5.74, 6) is 0.563. The number of rotatable bonds is 4. The molecule has 0 atom stereocenters. The first-order valence-corrected chi connectivity index (χ1v) is 10.5. The molecule has 1 fully saturated rings. The predicted octanol–water partition coefficient (Wildman–Crippen LogP) is 3.01. The fraction of sp³-hybridized carbons (Fsp3) is 0.375. The number of nitrogens with zero attached hydrogens (tertiary/aromatic N) is 4. The van der Waals surface area contributed by atoms with Gasteiger partial charge >= 0.3 is 0 Å². The normalized spacial score (nSPS) is 17.6. The third-order valence-corrected chi connectivity index (χ3v) is 5.97. The molecule has 0 aliphatic carbocycles. The van der Waals surface area contributed by atoms with Crippen molar-refractivity contribution in [3.05, 3.63) is 65.0 Å². The van der Waals surface area contributed by atoms with Crippen molar-refractivity contribution in [1.29, 1.82) is 0 Å². The molecule has 0 N–H and O–H groups in total. The number of anilines is 1. The lowest BCUT2D eigenvalue weighted by molar-refractivity contribution is -0.139. The third-order valence-electron chi connectivity index (χ3n) is 5.97. The van der Waals surface area contributed by atoms with Gasteiger partial charge in [0.15, 0.2) is 0 Å². The average molecular weight is 405 g/mol. The minimum absolute atomic E-state index is 0.182. The van der Waals surface area contributed by atoms with Gasteiger partial charge in [-0.1, -0.05) is 24.3 Å². The molecule has 0 bridgehead atoms. The second-order valence-corrected chi connectivity index (χ2v) is 8.26. The summed E-state index contributed by atoms with van der Waals surface area (Å²) in [5.41, 5.74) is 4.17. The number of hydrogen-bond acceptors (Lipinski definition) is 5. The summed E-state index contributed by atoms with van der Waals surface area (Å²) in [4.78, 5) is 36.7. The van der Waals surface area contributed by atoms with E-state index in [0.29, 0.717) is 24.4 Å². The van der Waals surface area contributed by atoms with Gasteiger partial charge in [0, 0.05) is 38.4 Å². The van der Waals surface area contributed by atoms with Crippen molar-refractivity contribution in [3.8, 4) is 0 Å². The number of aromatic nitrogens is 1. The van der Waals surface area contributed by atoms with Crippen molar-refractivity contribution in [2.45, 2.75) is 33.7 Å². The Morgan fingerprint density at radius 1 is 0.867 bits per heavy atom. The van der Waals surface area contributed by atoms with E-state index in [2.05, 4.69) is 14.8 Å². The van der Waals surface area contributed by atoms with Gasteiger partial charge in [0.1, 0.15) is 11.5 Å². The first-order valence-electron chi connectivity index (χ1n) is 10.5. The molecule has 2 aliphatic heterocycles. The van der Waals surface area contributed by atoms with Gasteiger partial charge in [0.25, 0.3) is 11.8 Å². The van der Waals surface area contributed by atoms with E-state index < -0.39 is 0 Å². The zero-order valence-electron chi connectivity index (χ0n) is 18.1. The molecule has 2 aromatic rings. The van der Waals surface area contributed by atoms with E-state index in [0.717, 1.165) is 30.0 Å². The first-order chi connectivity index (χ1) is 14.4. The van der Waals surface area contributed by atoms with Gasteiger partial charge in [-0.3, -0.25) is 14.5 Å². The number of hydrogen-bond donors (Lipinski definition) is 0. The number of amides is 2. The van der Waals surface area contributed by atoms with Crippen LogP contribution in [0.1, 0.15) is 30.5 Å². The van der Waals surface area contributed by atoms with E-state index in [1.807, 2.05) is 64.1 Å². The van der Waals surface area contributed by atoms with Crippen LogP contribution in [0.25, 0.3) is 5.57 Å². The van der Waals surface area contributed by atoms with Crippen molar-refractivity contribution in [3.63, 3.8) is 0 Å². The monoisotopic (exact) mass is 404 g/mol. The van der Waals surface area contributed by atoms with E-state index in [4.69, 9.17) is 0 Å². The van der Waals surface area contributed by atoms with Crippen molar-refractivity contribution in [2.75, 3.05) is 31.1 Å². The molecule has 0 spiro atoms. The maximum absolute atomic E-state index is 13.3. The number of imide groups is 1. The van der Waals surface area contributed by atoms with E-state index in [1.165, 1.54) is 10.5 Å². The molecule has 6 nitrogen and oxygen atoms in total. The second kappa shape index (κ2) is 7.94. The molecule has 2 aliphatic rings. The Labute approximate surface area is 177 Å². The van der Waals surface area contributed by atoms with Crippen molar-refractivity contribution >= 4 is 23.2 Å². The molecule has 3 heterocycles. The number of carbonyl (C=O) groups excluding carboxylic acids is 2. The second-order valence-electron chi connectivity index (χ2n) is 8.26. The first kappa shape index (κ1) is 20.1. The summed E-state index contributed by atoms with van der Waals surface area (Å²) in [7, 11) is 0. The van der Waals surface area contributed by atoms with Crippen LogP contribution in [0.5, 0.6) is 0 Å². The quantitative estimate of drug-likeness (QED) is 0.734. The minimum atomic E-state index is -0.194. The Hall–Kier alpha value is -3.15. The molecule has 4 rings (SSSR count). The van der Waals surface area contributed by atoms with Gasteiger partial charge in [-0.15, -0.1) is 0 Å². The molecular weight excluding hydrogens is 376 g/mol. The van der Waals surface area contributed by atoms with E-state index in [-0.39, 0.29) is 17.9 Å². The molecule has 6 heteroatoms. The summed E-state index contributed by atoms with van der Waals surface area (Å²) in [6.45, 7) is 10.7. The Kier molecular flexibility index (Phi) is 5.33. The number of carbonyl (C=O) groups is 2. The fourth-order valence-corrected chi connectivity index (χ4v) is 4.15. The summed E-state index contributed by atoms with van der Waals surface area (Å²) in [6.07, 6.45) is 1.79. The average Bonchev–Trinajstić information content (AvgIpc) is 3.01. The van der Waals surface area contributed by atoms with E-state index in [1.54, 1.807) is 6.20 Å². The molecule has 1 aromatic heterocycles. The molecule has 0 unspecified atom stereocenters. The van der Waals surface area contributed by atoms with Crippen LogP contribution < -0.4 is 4.90 Å². The molecule has 156 valence electrons. The van der Waals surface area contributed by atoms with Crippen LogP contribution in [0.3, 0.4) is 0 Å². The maximum atomic E-state index is 13.3. The Morgan fingerprint density at radius 2 is 1.57 bits per heavy atom. The van der Waals surface area contributed by atoms with Gasteiger partial charge in [-0.2, -0.15) is 0 Å². The number of aryl methyl sites for hydroxylation is 2. The lowest BCUT2D eigenvalue weighted by Crippen LogP contribution is -2.48. The van der Waals surface area contributed by atoms with Gasteiger partial charge in [-0.05, 0) is 56.5 Å². The highest BCUT2D eigenvalue weighted by molar-refractivity contribution is 6.35. The lowest BCUT2D eigenvalue weighted by atomic mass is 9.99. The van der Waals surface area contributed by atoms with Crippen LogP contribution in [0, 0.1) is 13.8 Å². The van der Waals surface area contributed by atoms with Gasteiger partial charge < -0.3 is 9.80 Å². The van der Waals surface area contributed by atoms with Crippen molar-refractivity contribution in [1.82, 2.24) is 14.8 Å². The summed E-state index contributed by atoms with van der Waals surface area (Å²) >= 11 is 0. The topological polar surface area (TPSA) is 56.8 Å². The highest BCUT2D eigenvalue weighted by Gasteiger charge is 2.43. The number of benzene rings is 1. The Balaban J connectivity index is 1.68. The molecule has 0 radical (unpaired) electrons. The van der Waals surface area contributed by atoms with Gasteiger partial charge in [-0.25, -0.2) is 4.98 Å². The SMILES string of the molecule is Cc1ccc(C2=C(N3CCN(c4ccccn4)CC3)C(=O)N(C(C)C)C2=O)cc1C. The lowest BCUT2D eigenvalue weighted by Gasteiger charge is -2.37. The van der Waals surface area contributed by atoms with Crippen LogP contribution >= 0.6 is 0 Å². The fourth-order valence-electron chi connectivity index (χ4n) is 4.15. The Bertz CT molecular complexity index is 1010. The maximum Gasteiger partial charge on any atom is 0.278 e. The van der Waals surface area contributed by atoms with Crippen LogP contribution in [-0.4, -0.2) is 58.8 Å². The number of pyridine rings is 1. The van der Waals surface area contributed by atoms with Crippen molar-refractivity contribution in [2.24, 2.45) is 0 Å². The summed E-state index contributed by atoms with van der Waals surface area (Å²) in [6, 6.07) is 11.7. The van der Waals surface area contributed by atoms with Gasteiger partial charge in [0.2, 0.25) is 0 Å². The Morgan fingerprint density at radius 3 is 2.17 bits per heavy atom. The third kappa shape index (κ3) is 3.47. The van der Waals surface area contributed by atoms with Crippen LogP contribution in [0.4, 0.5) is 5.82 Å². The van der Waals surface area contributed by atoms with E-state index in [9.17, 15) is 9.59 Å². The predicted molar refractivity (Wildman–Crippen MR) is 118 cm³/mol. The van der Waals surface area contributed by atoms with Crippen molar-refractivity contribution < 1.29 is 9.59 Å². The standard InChI is InChI=1S/C24H28N4O2/c1-16(2)28-23(29)21(19-9-8-17(3)18(4)15-19)22(24(28)30)27-13-11-26(12-14-27)20-7-5-6-10-25-20/h5-10,15-16H,11-14H2,1-4H3. The zero-order valence-corrected chi connectivity index (χ0v) is 18.1. The number of piperazine rings is 1.